The Morgan fingerprint density at radius 2 is 1.93 bits per heavy atom. The Bertz CT molecular complexity index is 1010. The molecule has 0 unspecified atom stereocenters. The number of hydrazone groups is 1. The van der Waals surface area contributed by atoms with Crippen LogP contribution < -0.4 is 14.9 Å². The molecule has 1 amide bonds. The Morgan fingerprint density at radius 1 is 1.11 bits per heavy atom. The second-order valence-corrected chi connectivity index (χ2v) is 6.44. The summed E-state index contributed by atoms with van der Waals surface area (Å²) in [5.41, 5.74) is 4.97. The summed E-state index contributed by atoms with van der Waals surface area (Å²) in [6.07, 6.45) is 2.51. The SMILES string of the molecule is CCCOc1ccc(/C=N\NC(=O)c2c(C)ccc3ccccc23)cc1OC. The quantitative estimate of drug-likeness (QED) is 0.480. The fraction of sp³-hybridized carbons (Fsp3) is 0.217. The van der Waals surface area contributed by atoms with Crippen molar-refractivity contribution in [3.05, 3.63) is 71.3 Å². The van der Waals surface area contributed by atoms with Gasteiger partial charge in [-0.15, -0.1) is 0 Å². The monoisotopic (exact) mass is 376 g/mol. The number of nitrogens with one attached hydrogen (secondary N) is 1. The number of hydrogen-bond donors (Lipinski definition) is 1. The lowest BCUT2D eigenvalue weighted by atomic mass is 9.99. The summed E-state index contributed by atoms with van der Waals surface area (Å²) in [7, 11) is 1.60. The second kappa shape index (κ2) is 9.04. The Labute approximate surface area is 165 Å². The van der Waals surface area contributed by atoms with Gasteiger partial charge in [0, 0.05) is 0 Å². The Hall–Kier alpha value is -3.34. The summed E-state index contributed by atoms with van der Waals surface area (Å²) in [6.45, 7) is 4.60. The first-order chi connectivity index (χ1) is 13.6. The summed E-state index contributed by atoms with van der Waals surface area (Å²) in [5, 5.41) is 6.05. The van der Waals surface area contributed by atoms with Gasteiger partial charge in [0.25, 0.3) is 5.91 Å². The highest BCUT2D eigenvalue weighted by Gasteiger charge is 2.12. The molecule has 0 aromatic heterocycles. The summed E-state index contributed by atoms with van der Waals surface area (Å²) < 4.78 is 11.0. The maximum absolute atomic E-state index is 12.7. The Balaban J connectivity index is 1.76. The minimum atomic E-state index is -0.236. The number of ether oxygens (including phenoxy) is 2. The van der Waals surface area contributed by atoms with Crippen LogP contribution >= 0.6 is 0 Å². The zero-order chi connectivity index (χ0) is 19.9. The van der Waals surface area contributed by atoms with Crippen LogP contribution in [0.25, 0.3) is 10.8 Å². The summed E-state index contributed by atoms with van der Waals surface area (Å²) >= 11 is 0. The van der Waals surface area contributed by atoms with Gasteiger partial charge in [0.15, 0.2) is 11.5 Å². The molecule has 0 radical (unpaired) electrons. The molecule has 0 aliphatic rings. The van der Waals surface area contributed by atoms with Crippen LogP contribution in [0, 0.1) is 6.92 Å². The van der Waals surface area contributed by atoms with Crippen molar-refractivity contribution in [3.63, 3.8) is 0 Å². The molecule has 144 valence electrons. The number of fused-ring (bicyclic) bond motifs is 1. The van der Waals surface area contributed by atoms with Gasteiger partial charge < -0.3 is 9.47 Å². The van der Waals surface area contributed by atoms with Gasteiger partial charge in [-0.3, -0.25) is 4.79 Å². The number of benzene rings is 3. The Morgan fingerprint density at radius 3 is 2.71 bits per heavy atom. The van der Waals surface area contributed by atoms with E-state index in [-0.39, 0.29) is 5.91 Å². The standard InChI is InChI=1S/C23H24N2O3/c1-4-13-28-20-12-10-17(14-21(20)27-3)15-24-25-23(26)22-16(2)9-11-18-7-5-6-8-19(18)22/h5-12,14-15H,4,13H2,1-3H3,(H,25,26)/b24-15-. The van der Waals surface area contributed by atoms with Crippen LogP contribution in [-0.2, 0) is 0 Å². The van der Waals surface area contributed by atoms with E-state index in [0.29, 0.717) is 23.7 Å². The molecule has 1 N–H and O–H groups in total. The summed E-state index contributed by atoms with van der Waals surface area (Å²) in [5.74, 6) is 1.09. The number of carbonyl (C=O) groups is 1. The second-order valence-electron chi connectivity index (χ2n) is 6.44. The molecule has 0 spiro atoms. The molecule has 3 rings (SSSR count). The van der Waals surface area contributed by atoms with Gasteiger partial charge in [0.2, 0.25) is 0 Å². The van der Waals surface area contributed by atoms with Crippen molar-refractivity contribution in [1.82, 2.24) is 5.43 Å². The summed E-state index contributed by atoms with van der Waals surface area (Å²) in [4.78, 5) is 12.7. The molecule has 28 heavy (non-hydrogen) atoms. The van der Waals surface area contributed by atoms with Crippen molar-refractivity contribution in [3.8, 4) is 11.5 Å². The molecular formula is C23H24N2O3. The van der Waals surface area contributed by atoms with E-state index in [2.05, 4.69) is 10.5 Å². The third-order valence-corrected chi connectivity index (χ3v) is 4.39. The molecule has 3 aromatic rings. The summed E-state index contributed by atoms with van der Waals surface area (Å²) in [6, 6.07) is 17.3. The van der Waals surface area contributed by atoms with Crippen LogP contribution in [0.15, 0.2) is 59.7 Å². The predicted molar refractivity (Wildman–Crippen MR) is 113 cm³/mol. The largest absolute Gasteiger partial charge is 0.493 e. The van der Waals surface area contributed by atoms with Gasteiger partial charge in [-0.25, -0.2) is 5.43 Å². The minimum Gasteiger partial charge on any atom is -0.493 e. The first-order valence-electron chi connectivity index (χ1n) is 9.26. The fourth-order valence-corrected chi connectivity index (χ4v) is 3.00. The molecule has 0 saturated heterocycles. The lowest BCUT2D eigenvalue weighted by Gasteiger charge is -2.10. The first-order valence-corrected chi connectivity index (χ1v) is 9.26. The minimum absolute atomic E-state index is 0.236. The zero-order valence-corrected chi connectivity index (χ0v) is 16.4. The van der Waals surface area contributed by atoms with Crippen LogP contribution in [0.3, 0.4) is 0 Å². The molecule has 3 aromatic carbocycles. The molecule has 5 nitrogen and oxygen atoms in total. The highest BCUT2D eigenvalue weighted by Crippen LogP contribution is 2.27. The van der Waals surface area contributed by atoms with Crippen LogP contribution in [0.1, 0.15) is 34.8 Å². The van der Waals surface area contributed by atoms with E-state index < -0.39 is 0 Å². The average molecular weight is 376 g/mol. The molecule has 0 saturated carbocycles. The van der Waals surface area contributed by atoms with Gasteiger partial charge in [0.05, 0.1) is 25.5 Å². The molecular weight excluding hydrogens is 352 g/mol. The number of hydrogen-bond acceptors (Lipinski definition) is 4. The van der Waals surface area contributed by atoms with E-state index in [1.54, 1.807) is 13.3 Å². The number of amides is 1. The number of aryl methyl sites for hydroxylation is 1. The van der Waals surface area contributed by atoms with Crippen LogP contribution in [0.2, 0.25) is 0 Å². The number of rotatable bonds is 7. The smallest absolute Gasteiger partial charge is 0.272 e. The molecule has 0 aliphatic heterocycles. The van der Waals surface area contributed by atoms with Gasteiger partial charge in [-0.2, -0.15) is 5.10 Å². The zero-order valence-electron chi connectivity index (χ0n) is 16.4. The number of nitrogens with zero attached hydrogens (tertiary/aromatic N) is 1. The normalized spacial score (nSPS) is 11.0. The predicted octanol–water partition coefficient (Wildman–Crippen LogP) is 4.71. The van der Waals surface area contributed by atoms with Crippen LogP contribution in [0.5, 0.6) is 11.5 Å². The fourth-order valence-electron chi connectivity index (χ4n) is 3.00. The van der Waals surface area contributed by atoms with E-state index in [1.807, 2.05) is 68.4 Å². The lowest BCUT2D eigenvalue weighted by Crippen LogP contribution is -2.19. The lowest BCUT2D eigenvalue weighted by molar-refractivity contribution is 0.0956. The van der Waals surface area contributed by atoms with Crippen molar-refractivity contribution in [2.24, 2.45) is 5.10 Å². The molecule has 0 aliphatic carbocycles. The van der Waals surface area contributed by atoms with Gasteiger partial charge in [-0.1, -0.05) is 43.3 Å². The van der Waals surface area contributed by atoms with Crippen LogP contribution in [0.4, 0.5) is 0 Å². The van der Waals surface area contributed by atoms with Crippen LogP contribution in [-0.4, -0.2) is 25.8 Å². The van der Waals surface area contributed by atoms with E-state index in [4.69, 9.17) is 9.47 Å². The molecule has 0 fully saturated rings. The van der Waals surface area contributed by atoms with Gasteiger partial charge >= 0.3 is 0 Å². The van der Waals surface area contributed by atoms with E-state index in [9.17, 15) is 4.79 Å². The third kappa shape index (κ3) is 4.31. The number of methoxy groups -OCH3 is 1. The van der Waals surface area contributed by atoms with E-state index >= 15 is 0 Å². The Kier molecular flexibility index (Phi) is 6.27. The average Bonchev–Trinajstić information content (AvgIpc) is 2.72. The first kappa shape index (κ1) is 19.4. The van der Waals surface area contributed by atoms with Gasteiger partial charge in [0.1, 0.15) is 0 Å². The van der Waals surface area contributed by atoms with Gasteiger partial charge in [-0.05, 0) is 53.4 Å². The molecule has 5 heteroatoms. The van der Waals surface area contributed by atoms with E-state index in [0.717, 1.165) is 28.3 Å². The number of carbonyl (C=O) groups excluding carboxylic acids is 1. The van der Waals surface area contributed by atoms with Crippen molar-refractivity contribution < 1.29 is 14.3 Å². The third-order valence-electron chi connectivity index (χ3n) is 4.39. The van der Waals surface area contributed by atoms with Crippen molar-refractivity contribution in [1.29, 1.82) is 0 Å². The maximum Gasteiger partial charge on any atom is 0.272 e. The molecule has 0 bridgehead atoms. The van der Waals surface area contributed by atoms with Crippen molar-refractivity contribution >= 4 is 22.9 Å². The molecule has 0 heterocycles. The topological polar surface area (TPSA) is 59.9 Å². The highest BCUT2D eigenvalue weighted by atomic mass is 16.5. The van der Waals surface area contributed by atoms with E-state index in [1.165, 1.54) is 0 Å². The van der Waals surface area contributed by atoms with Crippen molar-refractivity contribution in [2.45, 2.75) is 20.3 Å². The highest BCUT2D eigenvalue weighted by molar-refractivity contribution is 6.08. The van der Waals surface area contributed by atoms with Crippen molar-refractivity contribution in [2.75, 3.05) is 13.7 Å². The maximum atomic E-state index is 12.7. The molecule has 0 atom stereocenters.